The molecule has 0 radical (unpaired) electrons. The van der Waals surface area contributed by atoms with Gasteiger partial charge in [-0.05, 0) is 18.2 Å². The molecular formula is C11H11FN4O. The van der Waals surface area contributed by atoms with Crippen molar-refractivity contribution in [1.82, 2.24) is 9.88 Å². The van der Waals surface area contributed by atoms with E-state index in [0.717, 1.165) is 4.90 Å². The Labute approximate surface area is 96.5 Å². The lowest BCUT2D eigenvalue weighted by Crippen LogP contribution is -2.38. The van der Waals surface area contributed by atoms with E-state index in [-0.39, 0.29) is 11.7 Å². The minimum Gasteiger partial charge on any atom is -0.370 e. The highest BCUT2D eigenvalue weighted by Crippen LogP contribution is 2.19. The summed E-state index contributed by atoms with van der Waals surface area (Å²) in [6.07, 6.45) is 0. The number of amides is 1. The zero-order valence-corrected chi connectivity index (χ0v) is 9.12. The minimum absolute atomic E-state index is 0.197. The van der Waals surface area contributed by atoms with Crippen LogP contribution in [0.5, 0.6) is 0 Å². The highest BCUT2D eigenvalue weighted by atomic mass is 19.1. The van der Waals surface area contributed by atoms with E-state index in [1.54, 1.807) is 12.1 Å². The second-order valence-electron chi connectivity index (χ2n) is 3.63. The molecule has 1 heterocycles. The third-order valence-corrected chi connectivity index (χ3v) is 2.51. The Kier molecular flexibility index (Phi) is 2.55. The fraction of sp³-hybridized carbons (Fsp3) is 0.0909. The van der Waals surface area contributed by atoms with E-state index in [4.69, 9.17) is 11.1 Å². The summed E-state index contributed by atoms with van der Waals surface area (Å²) in [6, 6.07) is 5.95. The summed E-state index contributed by atoms with van der Waals surface area (Å²) in [5.41, 5.74) is 5.93. The van der Waals surface area contributed by atoms with Crippen molar-refractivity contribution in [3.8, 4) is 0 Å². The van der Waals surface area contributed by atoms with E-state index >= 15 is 0 Å². The number of halogens is 1. The number of aromatic nitrogens is 1. The van der Waals surface area contributed by atoms with Crippen molar-refractivity contribution in [3.63, 3.8) is 0 Å². The molecule has 0 aliphatic carbocycles. The average molecular weight is 234 g/mol. The van der Waals surface area contributed by atoms with Gasteiger partial charge >= 0.3 is 0 Å². The van der Waals surface area contributed by atoms with Gasteiger partial charge in [0.25, 0.3) is 5.91 Å². The van der Waals surface area contributed by atoms with Crippen LogP contribution in [0.25, 0.3) is 10.9 Å². The summed E-state index contributed by atoms with van der Waals surface area (Å²) >= 11 is 0. The first kappa shape index (κ1) is 11.1. The lowest BCUT2D eigenvalue weighted by molar-refractivity contribution is 0.0864. The molecule has 5 nitrogen and oxygen atoms in total. The van der Waals surface area contributed by atoms with Crippen LogP contribution in [0.2, 0.25) is 0 Å². The van der Waals surface area contributed by atoms with Gasteiger partial charge in [-0.1, -0.05) is 6.07 Å². The fourth-order valence-corrected chi connectivity index (χ4v) is 1.52. The largest absolute Gasteiger partial charge is 0.370 e. The second-order valence-corrected chi connectivity index (χ2v) is 3.63. The molecule has 0 aliphatic rings. The van der Waals surface area contributed by atoms with Crippen molar-refractivity contribution in [2.24, 2.45) is 5.73 Å². The first-order chi connectivity index (χ1) is 8.00. The lowest BCUT2D eigenvalue weighted by Gasteiger charge is -2.12. The fourth-order valence-electron chi connectivity index (χ4n) is 1.52. The van der Waals surface area contributed by atoms with Gasteiger partial charge in [0.05, 0.1) is 0 Å². The maximum Gasteiger partial charge on any atom is 0.276 e. The predicted octanol–water partition coefficient (Wildman–Crippen LogP) is 1.27. The molecular weight excluding hydrogens is 223 g/mol. The number of benzene rings is 1. The molecule has 2 rings (SSSR count). The van der Waals surface area contributed by atoms with Crippen LogP contribution in [0, 0.1) is 11.2 Å². The minimum atomic E-state index is -0.479. The van der Waals surface area contributed by atoms with Gasteiger partial charge < -0.3 is 10.7 Å². The molecule has 2 aromatic rings. The average Bonchev–Trinajstić information content (AvgIpc) is 2.72. The summed E-state index contributed by atoms with van der Waals surface area (Å²) in [4.78, 5) is 15.6. The van der Waals surface area contributed by atoms with Crippen LogP contribution in [0.4, 0.5) is 4.39 Å². The third kappa shape index (κ3) is 1.84. The van der Waals surface area contributed by atoms with Gasteiger partial charge in [-0.2, -0.15) is 0 Å². The maximum atomic E-state index is 13.4. The number of guanidine groups is 1. The number of nitrogens with two attached hydrogens (primary N) is 1. The topological polar surface area (TPSA) is 86.0 Å². The van der Waals surface area contributed by atoms with E-state index in [1.165, 1.54) is 19.2 Å². The third-order valence-electron chi connectivity index (χ3n) is 2.51. The van der Waals surface area contributed by atoms with Gasteiger partial charge in [0.15, 0.2) is 5.96 Å². The van der Waals surface area contributed by atoms with E-state index in [0.29, 0.717) is 10.9 Å². The monoisotopic (exact) mass is 234 g/mol. The van der Waals surface area contributed by atoms with Crippen molar-refractivity contribution in [2.45, 2.75) is 0 Å². The Morgan fingerprint density at radius 1 is 1.53 bits per heavy atom. The Hall–Kier alpha value is -2.37. The molecule has 0 fully saturated rings. The van der Waals surface area contributed by atoms with Gasteiger partial charge in [0, 0.05) is 18.0 Å². The Morgan fingerprint density at radius 3 is 2.82 bits per heavy atom. The van der Waals surface area contributed by atoms with Gasteiger partial charge in [-0.15, -0.1) is 0 Å². The normalized spacial score (nSPS) is 10.5. The van der Waals surface area contributed by atoms with Gasteiger partial charge in [-0.25, -0.2) is 4.39 Å². The van der Waals surface area contributed by atoms with Crippen LogP contribution in [0.3, 0.4) is 0 Å². The van der Waals surface area contributed by atoms with Crippen molar-refractivity contribution in [3.05, 3.63) is 35.8 Å². The van der Waals surface area contributed by atoms with Gasteiger partial charge in [0.2, 0.25) is 0 Å². The standard InChI is InChI=1S/C11H11FN4O/c1-16(11(13)14)10(17)9-5-6-7(12)3-2-4-8(6)15-9/h2-5,15H,1H3,(H3,13,14). The molecule has 1 aromatic carbocycles. The van der Waals surface area contributed by atoms with Crippen LogP contribution in [0.1, 0.15) is 10.5 Å². The summed E-state index contributed by atoms with van der Waals surface area (Å²) in [5, 5.41) is 7.49. The number of rotatable bonds is 1. The van der Waals surface area contributed by atoms with Crippen molar-refractivity contribution < 1.29 is 9.18 Å². The first-order valence-corrected chi connectivity index (χ1v) is 4.90. The van der Waals surface area contributed by atoms with E-state index < -0.39 is 11.7 Å². The molecule has 0 spiro atoms. The highest BCUT2D eigenvalue weighted by Gasteiger charge is 2.17. The van der Waals surface area contributed by atoms with Gasteiger partial charge in [0.1, 0.15) is 11.5 Å². The predicted molar refractivity (Wildman–Crippen MR) is 62.3 cm³/mol. The zero-order chi connectivity index (χ0) is 12.6. The second kappa shape index (κ2) is 3.89. The molecule has 1 aromatic heterocycles. The number of aromatic amines is 1. The number of nitrogens with zero attached hydrogens (tertiary/aromatic N) is 1. The quantitative estimate of drug-likeness (QED) is 0.512. The summed E-state index contributed by atoms with van der Waals surface area (Å²) in [6.45, 7) is 0. The number of carbonyl (C=O) groups is 1. The van der Waals surface area contributed by atoms with Crippen molar-refractivity contribution in [2.75, 3.05) is 7.05 Å². The number of hydrogen-bond acceptors (Lipinski definition) is 2. The number of H-pyrrole nitrogens is 1. The highest BCUT2D eigenvalue weighted by molar-refractivity contribution is 6.05. The molecule has 0 atom stereocenters. The molecule has 88 valence electrons. The van der Waals surface area contributed by atoms with Crippen LogP contribution < -0.4 is 5.73 Å². The molecule has 0 saturated carbocycles. The van der Waals surface area contributed by atoms with Crippen LogP contribution in [-0.2, 0) is 0 Å². The summed E-state index contributed by atoms with van der Waals surface area (Å²) < 4.78 is 13.4. The molecule has 17 heavy (non-hydrogen) atoms. The number of fused-ring (bicyclic) bond motifs is 1. The maximum absolute atomic E-state index is 13.4. The number of carbonyl (C=O) groups excluding carboxylic acids is 1. The summed E-state index contributed by atoms with van der Waals surface area (Å²) in [7, 11) is 1.38. The smallest absolute Gasteiger partial charge is 0.276 e. The van der Waals surface area contributed by atoms with Crippen molar-refractivity contribution >= 4 is 22.8 Å². The van der Waals surface area contributed by atoms with Crippen LogP contribution in [-0.4, -0.2) is 28.8 Å². The molecule has 1 amide bonds. The molecule has 0 bridgehead atoms. The van der Waals surface area contributed by atoms with E-state index in [2.05, 4.69) is 4.98 Å². The lowest BCUT2D eigenvalue weighted by atomic mass is 10.2. The molecule has 4 N–H and O–H groups in total. The molecule has 0 saturated heterocycles. The SMILES string of the molecule is CN(C(=N)N)C(=O)c1cc2c(F)cccc2[nH]1. The van der Waals surface area contributed by atoms with Crippen LogP contribution in [0.15, 0.2) is 24.3 Å². The van der Waals surface area contributed by atoms with Crippen molar-refractivity contribution in [1.29, 1.82) is 5.41 Å². The van der Waals surface area contributed by atoms with Crippen LogP contribution >= 0.6 is 0 Å². The summed E-state index contributed by atoms with van der Waals surface area (Å²) in [5.74, 6) is -1.24. The number of hydrogen-bond donors (Lipinski definition) is 3. The van der Waals surface area contributed by atoms with E-state index in [1.807, 2.05) is 0 Å². The first-order valence-electron chi connectivity index (χ1n) is 4.90. The molecule has 6 heteroatoms. The molecule has 0 unspecified atom stereocenters. The Bertz CT molecular complexity index is 605. The Balaban J connectivity index is 2.47. The zero-order valence-electron chi connectivity index (χ0n) is 9.12. The van der Waals surface area contributed by atoms with Gasteiger partial charge in [-0.3, -0.25) is 15.1 Å². The Morgan fingerprint density at radius 2 is 2.24 bits per heavy atom. The molecule has 0 aliphatic heterocycles. The van der Waals surface area contributed by atoms with E-state index in [9.17, 15) is 9.18 Å². The number of nitrogens with one attached hydrogen (secondary N) is 2.